The molecule has 0 aromatic heterocycles. The minimum absolute atomic E-state index is 0.120. The van der Waals surface area contributed by atoms with Crippen molar-refractivity contribution in [3.63, 3.8) is 0 Å². The molecule has 0 unspecified atom stereocenters. The zero-order valence-corrected chi connectivity index (χ0v) is 12.1. The fourth-order valence-corrected chi connectivity index (χ4v) is 1.88. The van der Waals surface area contributed by atoms with Crippen molar-refractivity contribution in [3.8, 4) is 5.75 Å². The zero-order valence-electron chi connectivity index (χ0n) is 10.5. The molecule has 1 aromatic carbocycles. The minimum atomic E-state index is -4.54. The molecule has 114 valence electrons. The minimum Gasteiger partial charge on any atom is -0.482 e. The third-order valence-corrected chi connectivity index (χ3v) is 3.73. The molecule has 10 heteroatoms. The van der Waals surface area contributed by atoms with E-state index in [1.807, 2.05) is 0 Å². The number of halogens is 4. The second-order valence-corrected chi connectivity index (χ2v) is 6.25. The normalized spacial score (nSPS) is 12.6. The Morgan fingerprint density at radius 2 is 1.95 bits per heavy atom. The van der Waals surface area contributed by atoms with Gasteiger partial charge in [0.2, 0.25) is 0 Å². The van der Waals surface area contributed by atoms with Crippen molar-refractivity contribution in [1.29, 1.82) is 0 Å². The van der Waals surface area contributed by atoms with E-state index >= 15 is 0 Å². The summed E-state index contributed by atoms with van der Waals surface area (Å²) < 4.78 is 67.2. The highest BCUT2D eigenvalue weighted by atomic mass is 35.5. The molecule has 0 saturated heterocycles. The molecular formula is C10H12ClF3N2O3S. The Labute approximate surface area is 119 Å². The second-order valence-electron chi connectivity index (χ2n) is 3.93. The van der Waals surface area contributed by atoms with Gasteiger partial charge in [-0.25, -0.2) is 0 Å². The van der Waals surface area contributed by atoms with Gasteiger partial charge in [-0.05, 0) is 12.1 Å². The van der Waals surface area contributed by atoms with Crippen LogP contribution in [0.3, 0.4) is 0 Å². The Morgan fingerprint density at radius 1 is 1.35 bits per heavy atom. The van der Waals surface area contributed by atoms with Gasteiger partial charge in [-0.2, -0.15) is 25.9 Å². The van der Waals surface area contributed by atoms with Crippen LogP contribution in [0.1, 0.15) is 0 Å². The summed E-state index contributed by atoms with van der Waals surface area (Å²) in [5, 5.41) is 0.120. The molecular weight excluding hydrogens is 321 g/mol. The predicted octanol–water partition coefficient (Wildman–Crippen LogP) is 2.50. The first-order chi connectivity index (χ1) is 9.01. The van der Waals surface area contributed by atoms with Crippen LogP contribution in [0.5, 0.6) is 5.75 Å². The third-order valence-electron chi connectivity index (χ3n) is 2.05. The number of hydrogen-bond acceptors (Lipinski definition) is 3. The molecule has 1 N–H and O–H groups in total. The summed E-state index contributed by atoms with van der Waals surface area (Å²) in [4.78, 5) is 0. The van der Waals surface area contributed by atoms with Crippen LogP contribution in [0.15, 0.2) is 18.2 Å². The van der Waals surface area contributed by atoms with E-state index in [2.05, 4.69) is 9.46 Å². The van der Waals surface area contributed by atoms with Gasteiger partial charge < -0.3 is 4.74 Å². The molecule has 1 rings (SSSR count). The van der Waals surface area contributed by atoms with Crippen LogP contribution in [0.2, 0.25) is 5.02 Å². The molecule has 0 heterocycles. The second kappa shape index (κ2) is 6.06. The lowest BCUT2D eigenvalue weighted by molar-refractivity contribution is -0.153. The van der Waals surface area contributed by atoms with Gasteiger partial charge in [0.25, 0.3) is 0 Å². The van der Waals surface area contributed by atoms with E-state index in [1.165, 1.54) is 26.2 Å². The Hall–Kier alpha value is -1.19. The summed E-state index contributed by atoms with van der Waals surface area (Å²) in [5.41, 5.74) is -0.132. The molecule has 0 aliphatic heterocycles. The number of hydrogen-bond donors (Lipinski definition) is 1. The van der Waals surface area contributed by atoms with Gasteiger partial charge in [-0.1, -0.05) is 11.6 Å². The highest BCUT2D eigenvalue weighted by Gasteiger charge is 2.29. The largest absolute Gasteiger partial charge is 0.482 e. The van der Waals surface area contributed by atoms with Crippen LogP contribution in [0.25, 0.3) is 0 Å². The lowest BCUT2D eigenvalue weighted by atomic mass is 10.3. The molecule has 0 aliphatic rings. The van der Waals surface area contributed by atoms with E-state index in [9.17, 15) is 21.6 Å². The number of nitrogens with one attached hydrogen (secondary N) is 1. The maximum absolute atomic E-state index is 12.1. The van der Waals surface area contributed by atoms with E-state index in [0.717, 1.165) is 10.4 Å². The van der Waals surface area contributed by atoms with Gasteiger partial charge >= 0.3 is 16.4 Å². The summed E-state index contributed by atoms with van der Waals surface area (Å²) in [6, 6.07) is 3.64. The summed E-state index contributed by atoms with van der Waals surface area (Å²) in [7, 11) is -1.32. The Bertz CT molecular complexity index is 576. The van der Waals surface area contributed by atoms with Crippen LogP contribution in [-0.4, -0.2) is 39.6 Å². The van der Waals surface area contributed by atoms with Gasteiger partial charge in [0.1, 0.15) is 5.75 Å². The standard InChI is InChI=1S/C10H12ClF3N2O3S/c1-16(2)20(17,18)15-8-4-3-7(11)5-9(8)19-6-10(12,13)14/h3-5,15H,6H2,1-2H3. The number of benzene rings is 1. The first-order valence-corrected chi connectivity index (χ1v) is 7.02. The Kier molecular flexibility index (Phi) is 5.11. The average molecular weight is 333 g/mol. The fraction of sp³-hybridized carbons (Fsp3) is 0.400. The first kappa shape index (κ1) is 16.9. The number of nitrogens with zero attached hydrogens (tertiary/aromatic N) is 1. The maximum atomic E-state index is 12.1. The smallest absolute Gasteiger partial charge is 0.422 e. The number of ether oxygens (including phenoxy) is 1. The SMILES string of the molecule is CN(C)S(=O)(=O)Nc1ccc(Cl)cc1OCC(F)(F)F. The lowest BCUT2D eigenvalue weighted by Gasteiger charge is -2.17. The quantitative estimate of drug-likeness (QED) is 0.901. The van der Waals surface area contributed by atoms with E-state index < -0.39 is 23.0 Å². The van der Waals surface area contributed by atoms with Gasteiger partial charge in [-0.15, -0.1) is 0 Å². The highest BCUT2D eigenvalue weighted by molar-refractivity contribution is 7.90. The van der Waals surface area contributed by atoms with Crippen molar-refractivity contribution < 1.29 is 26.3 Å². The molecule has 0 atom stereocenters. The van der Waals surface area contributed by atoms with Gasteiger partial charge in [-0.3, -0.25) is 4.72 Å². The van der Waals surface area contributed by atoms with E-state index in [4.69, 9.17) is 11.6 Å². The van der Waals surface area contributed by atoms with Crippen molar-refractivity contribution in [2.45, 2.75) is 6.18 Å². The highest BCUT2D eigenvalue weighted by Crippen LogP contribution is 2.30. The van der Waals surface area contributed by atoms with Crippen molar-refractivity contribution >= 4 is 27.5 Å². The summed E-state index contributed by atoms with van der Waals surface area (Å²) in [6.07, 6.45) is -4.54. The van der Waals surface area contributed by atoms with Gasteiger partial charge in [0.15, 0.2) is 6.61 Å². The van der Waals surface area contributed by atoms with Crippen molar-refractivity contribution in [2.24, 2.45) is 0 Å². The molecule has 5 nitrogen and oxygen atoms in total. The lowest BCUT2D eigenvalue weighted by Crippen LogP contribution is -2.29. The summed E-state index contributed by atoms with van der Waals surface area (Å²) in [5.74, 6) is -0.305. The van der Waals surface area contributed by atoms with Crippen LogP contribution in [-0.2, 0) is 10.2 Å². The average Bonchev–Trinajstić information content (AvgIpc) is 2.28. The zero-order chi connectivity index (χ0) is 15.6. The Morgan fingerprint density at radius 3 is 2.45 bits per heavy atom. The molecule has 0 saturated carbocycles. The van der Waals surface area contributed by atoms with Crippen molar-refractivity contribution in [3.05, 3.63) is 23.2 Å². The van der Waals surface area contributed by atoms with Crippen LogP contribution in [0.4, 0.5) is 18.9 Å². The van der Waals surface area contributed by atoms with Crippen LogP contribution >= 0.6 is 11.6 Å². The van der Waals surface area contributed by atoms with Crippen molar-refractivity contribution in [1.82, 2.24) is 4.31 Å². The van der Waals surface area contributed by atoms with Crippen molar-refractivity contribution in [2.75, 3.05) is 25.4 Å². The van der Waals surface area contributed by atoms with E-state index in [1.54, 1.807) is 0 Å². The summed E-state index contributed by atoms with van der Waals surface area (Å²) >= 11 is 5.65. The van der Waals surface area contributed by atoms with Crippen LogP contribution < -0.4 is 9.46 Å². The molecule has 1 aromatic rings. The Balaban J connectivity index is 3.02. The topological polar surface area (TPSA) is 58.6 Å². The fourth-order valence-electron chi connectivity index (χ4n) is 1.09. The third kappa shape index (κ3) is 5.06. The number of alkyl halides is 3. The maximum Gasteiger partial charge on any atom is 0.422 e. The molecule has 0 bridgehead atoms. The van der Waals surface area contributed by atoms with E-state index in [-0.39, 0.29) is 16.5 Å². The number of anilines is 1. The number of rotatable bonds is 5. The molecule has 0 amide bonds. The summed E-state index contributed by atoms with van der Waals surface area (Å²) in [6.45, 7) is -1.55. The molecule has 0 fully saturated rings. The van der Waals surface area contributed by atoms with Gasteiger partial charge in [0, 0.05) is 25.2 Å². The van der Waals surface area contributed by atoms with E-state index in [0.29, 0.717) is 0 Å². The van der Waals surface area contributed by atoms with Gasteiger partial charge in [0.05, 0.1) is 5.69 Å². The monoisotopic (exact) mass is 332 g/mol. The van der Waals surface area contributed by atoms with Crippen LogP contribution in [0, 0.1) is 0 Å². The molecule has 20 heavy (non-hydrogen) atoms. The predicted molar refractivity (Wildman–Crippen MR) is 69.2 cm³/mol. The molecule has 0 radical (unpaired) electrons. The first-order valence-electron chi connectivity index (χ1n) is 5.20. The molecule has 0 spiro atoms. The molecule has 0 aliphatic carbocycles.